The van der Waals surface area contributed by atoms with Crippen molar-refractivity contribution in [2.24, 2.45) is 5.92 Å². The molecule has 0 radical (unpaired) electrons. The summed E-state index contributed by atoms with van der Waals surface area (Å²) in [6.45, 7) is 3.81. The molecule has 2 aromatic carbocycles. The van der Waals surface area contributed by atoms with E-state index < -0.39 is 0 Å². The van der Waals surface area contributed by atoms with Crippen molar-refractivity contribution in [2.45, 2.75) is 128 Å². The quantitative estimate of drug-likeness (QED) is 0.136. The Hall–Kier alpha value is -3.44. The first-order valence-electron chi connectivity index (χ1n) is 19.0. The molecule has 0 amide bonds. The molecule has 256 valence electrons. The van der Waals surface area contributed by atoms with Crippen molar-refractivity contribution < 1.29 is 14.3 Å². The number of rotatable bonds is 13. The number of carbonyl (C=O) groups is 2. The molecule has 1 aromatic heterocycles. The van der Waals surface area contributed by atoms with Crippen LogP contribution in [0.2, 0.25) is 0 Å². The van der Waals surface area contributed by atoms with Crippen molar-refractivity contribution in [3.63, 3.8) is 0 Å². The summed E-state index contributed by atoms with van der Waals surface area (Å²) in [6, 6.07) is 18.8. The molecule has 0 saturated carbocycles. The lowest BCUT2D eigenvalue weighted by Crippen LogP contribution is -2.14. The smallest absolute Gasteiger partial charge is 0.159 e. The van der Waals surface area contributed by atoms with E-state index in [9.17, 15) is 9.59 Å². The lowest BCUT2D eigenvalue weighted by molar-refractivity contribution is -0.119. The predicted octanol–water partition coefficient (Wildman–Crippen LogP) is 10.2. The summed E-state index contributed by atoms with van der Waals surface area (Å²) in [7, 11) is 0. The van der Waals surface area contributed by atoms with Gasteiger partial charge in [0, 0.05) is 49.1 Å². The average molecular weight is 649 g/mol. The Kier molecular flexibility index (Phi) is 14.6. The number of aryl methyl sites for hydroxylation is 2. The van der Waals surface area contributed by atoms with Crippen LogP contribution in [0.4, 0.5) is 0 Å². The van der Waals surface area contributed by atoms with Gasteiger partial charge in [0.05, 0.1) is 5.69 Å². The van der Waals surface area contributed by atoms with Gasteiger partial charge in [-0.15, -0.1) is 0 Å². The number of hydrogen-bond acceptors (Lipinski definition) is 5. The van der Waals surface area contributed by atoms with Crippen LogP contribution in [0.5, 0.6) is 0 Å². The monoisotopic (exact) mass is 648 g/mol. The van der Waals surface area contributed by atoms with Gasteiger partial charge >= 0.3 is 0 Å². The van der Waals surface area contributed by atoms with Crippen LogP contribution in [0.1, 0.15) is 137 Å². The number of hydrogen-bond donors (Lipinski definition) is 0. The third-order valence-corrected chi connectivity index (χ3v) is 10.2. The maximum Gasteiger partial charge on any atom is 0.159 e. The van der Waals surface area contributed by atoms with E-state index in [0.717, 1.165) is 126 Å². The summed E-state index contributed by atoms with van der Waals surface area (Å²) in [5.41, 5.74) is 7.10. The minimum atomic E-state index is 0.0487. The Balaban J connectivity index is 1.32. The first-order chi connectivity index (χ1) is 23.6. The van der Waals surface area contributed by atoms with Crippen molar-refractivity contribution in [3.05, 3.63) is 88.8 Å². The van der Waals surface area contributed by atoms with Crippen LogP contribution in [-0.4, -0.2) is 34.7 Å². The normalized spacial score (nSPS) is 19.3. The number of fused-ring (bicyclic) bond motifs is 1. The van der Waals surface area contributed by atoms with Gasteiger partial charge < -0.3 is 4.74 Å². The van der Waals surface area contributed by atoms with E-state index in [1.807, 2.05) is 36.4 Å². The molecule has 0 bridgehead atoms. The van der Waals surface area contributed by atoms with Crippen LogP contribution in [0.25, 0.3) is 17.5 Å². The zero-order valence-corrected chi connectivity index (χ0v) is 29.3. The molecule has 5 rings (SSSR count). The van der Waals surface area contributed by atoms with E-state index >= 15 is 0 Å². The van der Waals surface area contributed by atoms with E-state index in [1.54, 1.807) is 6.08 Å². The second kappa shape index (κ2) is 19.5. The standard InChI is InChI=1S/C43H56N2O3/c1-2-3-6-20-38(46)21-11-16-34-24-27-37(28-25-34)43-44-40-23-13-19-35(41(47)29-26-33-14-7-4-8-15-33)18-12-22-39(40)42(45-43)36-17-9-5-10-31-48-32-30-36/h4,7-8,14-15,24-29,35-36H,2-3,5-6,9-13,16-23,30-32H2,1H3. The summed E-state index contributed by atoms with van der Waals surface area (Å²) in [6.07, 6.45) is 21.4. The maximum absolute atomic E-state index is 13.3. The highest BCUT2D eigenvalue weighted by molar-refractivity contribution is 5.95. The van der Waals surface area contributed by atoms with Gasteiger partial charge in [-0.2, -0.15) is 0 Å². The first kappa shape index (κ1) is 35.9. The summed E-state index contributed by atoms with van der Waals surface area (Å²) in [5, 5.41) is 0. The third-order valence-electron chi connectivity index (χ3n) is 10.2. The second-order valence-corrected chi connectivity index (χ2v) is 14.0. The molecule has 1 fully saturated rings. The van der Waals surface area contributed by atoms with E-state index in [2.05, 4.69) is 31.2 Å². The Morgan fingerprint density at radius 2 is 1.58 bits per heavy atom. The number of ether oxygens (including phenoxy) is 1. The molecule has 1 aliphatic heterocycles. The molecule has 2 unspecified atom stereocenters. The van der Waals surface area contributed by atoms with Crippen LogP contribution in [-0.2, 0) is 33.6 Å². The molecule has 48 heavy (non-hydrogen) atoms. The number of aromatic nitrogens is 2. The fourth-order valence-corrected chi connectivity index (χ4v) is 7.37. The molecule has 2 heterocycles. The zero-order chi connectivity index (χ0) is 33.4. The lowest BCUT2D eigenvalue weighted by atomic mass is 9.88. The number of benzene rings is 2. The largest absolute Gasteiger partial charge is 0.381 e. The fourth-order valence-electron chi connectivity index (χ4n) is 7.37. The highest BCUT2D eigenvalue weighted by atomic mass is 16.5. The van der Waals surface area contributed by atoms with Gasteiger partial charge in [-0.05, 0) is 99.8 Å². The lowest BCUT2D eigenvalue weighted by Gasteiger charge is -2.22. The van der Waals surface area contributed by atoms with Crippen LogP contribution < -0.4 is 0 Å². The van der Waals surface area contributed by atoms with Crippen molar-refractivity contribution in [3.8, 4) is 11.4 Å². The molecule has 3 aromatic rings. The summed E-state index contributed by atoms with van der Waals surface area (Å²) in [4.78, 5) is 36.2. The van der Waals surface area contributed by atoms with Gasteiger partial charge in [0.15, 0.2) is 11.6 Å². The van der Waals surface area contributed by atoms with E-state index in [1.165, 1.54) is 35.4 Å². The predicted molar refractivity (Wildman–Crippen MR) is 196 cm³/mol. The molecular formula is C43H56N2O3. The average Bonchev–Trinajstić information content (AvgIpc) is 3.32. The Morgan fingerprint density at radius 3 is 2.40 bits per heavy atom. The number of allylic oxidation sites excluding steroid dienone is 1. The van der Waals surface area contributed by atoms with E-state index in [4.69, 9.17) is 14.7 Å². The van der Waals surface area contributed by atoms with Gasteiger partial charge in [-0.1, -0.05) is 93.3 Å². The third kappa shape index (κ3) is 11.1. The fraction of sp³-hybridized carbons (Fsp3) is 0.535. The molecule has 0 spiro atoms. The molecule has 0 N–H and O–H groups in total. The van der Waals surface area contributed by atoms with Gasteiger partial charge in [-0.3, -0.25) is 9.59 Å². The van der Waals surface area contributed by atoms with Crippen LogP contribution >= 0.6 is 0 Å². The second-order valence-electron chi connectivity index (χ2n) is 14.0. The first-order valence-corrected chi connectivity index (χ1v) is 19.0. The summed E-state index contributed by atoms with van der Waals surface area (Å²) < 4.78 is 6.00. The van der Waals surface area contributed by atoms with Gasteiger partial charge in [0.1, 0.15) is 5.78 Å². The van der Waals surface area contributed by atoms with E-state index in [-0.39, 0.29) is 11.7 Å². The van der Waals surface area contributed by atoms with Crippen LogP contribution in [0.15, 0.2) is 60.7 Å². The number of nitrogens with zero attached hydrogens (tertiary/aromatic N) is 2. The summed E-state index contributed by atoms with van der Waals surface area (Å²) >= 11 is 0. The molecular weight excluding hydrogens is 592 g/mol. The Bertz CT molecular complexity index is 1450. The Morgan fingerprint density at radius 1 is 0.792 bits per heavy atom. The minimum absolute atomic E-state index is 0.0487. The Labute approximate surface area is 289 Å². The number of ketones is 2. The molecule has 1 saturated heterocycles. The van der Waals surface area contributed by atoms with Crippen molar-refractivity contribution in [2.75, 3.05) is 13.2 Å². The molecule has 2 aliphatic rings. The highest BCUT2D eigenvalue weighted by Gasteiger charge is 2.25. The number of carbonyl (C=O) groups excluding carboxylic acids is 2. The zero-order valence-electron chi connectivity index (χ0n) is 29.3. The number of Topliss-reactive ketones (excluding diaryl/α,β-unsaturated/α-hetero) is 1. The molecule has 5 nitrogen and oxygen atoms in total. The van der Waals surface area contributed by atoms with Crippen LogP contribution in [0.3, 0.4) is 0 Å². The van der Waals surface area contributed by atoms with Crippen molar-refractivity contribution in [1.82, 2.24) is 9.97 Å². The highest BCUT2D eigenvalue weighted by Crippen LogP contribution is 2.34. The van der Waals surface area contributed by atoms with Gasteiger partial charge in [0.25, 0.3) is 0 Å². The minimum Gasteiger partial charge on any atom is -0.381 e. The van der Waals surface area contributed by atoms with Crippen molar-refractivity contribution in [1.29, 1.82) is 0 Å². The SMILES string of the molecule is CCCCCC(=O)CCCc1ccc(-c2nc3c(c(C4CCCCCOCC4)n2)CCCC(C(=O)C=Cc2ccccc2)CCC3)cc1. The topological polar surface area (TPSA) is 69.2 Å². The summed E-state index contributed by atoms with van der Waals surface area (Å²) in [5.74, 6) is 1.87. The molecule has 2 atom stereocenters. The molecule has 1 aliphatic carbocycles. The van der Waals surface area contributed by atoms with Crippen molar-refractivity contribution >= 4 is 17.6 Å². The number of unbranched alkanes of at least 4 members (excludes halogenated alkanes) is 2. The van der Waals surface area contributed by atoms with Crippen LogP contribution in [0, 0.1) is 5.92 Å². The van der Waals surface area contributed by atoms with E-state index in [0.29, 0.717) is 18.1 Å². The molecule has 5 heteroatoms. The van der Waals surface area contributed by atoms with Gasteiger partial charge in [0.2, 0.25) is 0 Å². The maximum atomic E-state index is 13.3. The van der Waals surface area contributed by atoms with Gasteiger partial charge in [-0.25, -0.2) is 9.97 Å².